The summed E-state index contributed by atoms with van der Waals surface area (Å²) in [5, 5.41) is 0. The maximum atomic E-state index is 11.9. The molecule has 2 unspecified atom stereocenters. The summed E-state index contributed by atoms with van der Waals surface area (Å²) in [4.78, 5) is 16.9. The van der Waals surface area contributed by atoms with Crippen molar-refractivity contribution in [3.05, 3.63) is 0 Å². The Balaban J connectivity index is 1.92. The zero-order chi connectivity index (χ0) is 12.4. The Kier molecular flexibility index (Phi) is 4.21. The quantitative estimate of drug-likeness (QED) is 0.748. The lowest BCUT2D eigenvalue weighted by molar-refractivity contribution is -0.124. The van der Waals surface area contributed by atoms with Crippen molar-refractivity contribution in [3.8, 4) is 0 Å². The molecule has 2 fully saturated rings. The average molecular weight is 238 g/mol. The highest BCUT2D eigenvalue weighted by Crippen LogP contribution is 2.23. The first-order valence-electron chi connectivity index (χ1n) is 7.08. The second-order valence-electron chi connectivity index (χ2n) is 6.04. The number of fused-ring (bicyclic) bond motifs is 1. The second kappa shape index (κ2) is 5.49. The minimum absolute atomic E-state index is 0.173. The monoisotopic (exact) mass is 238 g/mol. The Bertz CT molecular complexity index is 277. The zero-order valence-electron chi connectivity index (χ0n) is 11.5. The van der Waals surface area contributed by atoms with E-state index in [1.54, 1.807) is 0 Å². The standard InChI is InChI=1S/C14H26N2O/c1-11(2)14(17)10-16-9-13-6-4-5-7-15(13)8-12(16)3/h11-13H,4-10H2,1-3H3. The predicted molar refractivity (Wildman–Crippen MR) is 70.1 cm³/mol. The van der Waals surface area contributed by atoms with E-state index in [1.807, 2.05) is 13.8 Å². The molecule has 2 rings (SSSR count). The lowest BCUT2D eigenvalue weighted by atomic mass is 9.96. The van der Waals surface area contributed by atoms with Crippen LogP contribution >= 0.6 is 0 Å². The van der Waals surface area contributed by atoms with E-state index in [2.05, 4.69) is 16.7 Å². The number of hydrogen-bond donors (Lipinski definition) is 0. The zero-order valence-corrected chi connectivity index (χ0v) is 11.5. The fourth-order valence-corrected chi connectivity index (χ4v) is 3.02. The van der Waals surface area contributed by atoms with Crippen molar-refractivity contribution in [2.75, 3.05) is 26.2 Å². The van der Waals surface area contributed by atoms with Gasteiger partial charge in [-0.05, 0) is 26.3 Å². The van der Waals surface area contributed by atoms with Crippen LogP contribution in [0.5, 0.6) is 0 Å². The van der Waals surface area contributed by atoms with E-state index in [9.17, 15) is 4.79 Å². The Labute approximate surface area is 105 Å². The molecule has 0 aromatic carbocycles. The molecule has 98 valence electrons. The van der Waals surface area contributed by atoms with Crippen molar-refractivity contribution >= 4 is 5.78 Å². The van der Waals surface area contributed by atoms with Crippen LogP contribution < -0.4 is 0 Å². The van der Waals surface area contributed by atoms with Gasteiger partial charge < -0.3 is 0 Å². The van der Waals surface area contributed by atoms with E-state index in [4.69, 9.17) is 0 Å². The number of hydrogen-bond acceptors (Lipinski definition) is 3. The summed E-state index contributed by atoms with van der Waals surface area (Å²) in [5.41, 5.74) is 0. The predicted octanol–water partition coefficient (Wildman–Crippen LogP) is 1.77. The van der Waals surface area contributed by atoms with Crippen LogP contribution in [0.3, 0.4) is 0 Å². The molecule has 17 heavy (non-hydrogen) atoms. The molecule has 3 heteroatoms. The van der Waals surface area contributed by atoms with Crippen LogP contribution in [0.2, 0.25) is 0 Å². The summed E-state index contributed by atoms with van der Waals surface area (Å²) < 4.78 is 0. The minimum atomic E-state index is 0.173. The van der Waals surface area contributed by atoms with E-state index in [0.717, 1.165) is 13.1 Å². The third-order valence-electron chi connectivity index (χ3n) is 4.32. The number of rotatable bonds is 3. The van der Waals surface area contributed by atoms with Gasteiger partial charge in [0.2, 0.25) is 0 Å². The number of carbonyl (C=O) groups excluding carboxylic acids is 1. The van der Waals surface area contributed by atoms with E-state index < -0.39 is 0 Å². The van der Waals surface area contributed by atoms with Crippen LogP contribution in [0.4, 0.5) is 0 Å². The molecule has 0 bridgehead atoms. The van der Waals surface area contributed by atoms with E-state index in [1.165, 1.54) is 25.8 Å². The maximum absolute atomic E-state index is 11.9. The molecule has 2 aliphatic rings. The van der Waals surface area contributed by atoms with Crippen molar-refractivity contribution < 1.29 is 4.79 Å². The van der Waals surface area contributed by atoms with Crippen molar-refractivity contribution in [1.29, 1.82) is 0 Å². The number of piperazine rings is 1. The SMILES string of the molecule is CC(C)C(=O)CN1CC2CCCCN2CC1C. The van der Waals surface area contributed by atoms with E-state index >= 15 is 0 Å². The van der Waals surface area contributed by atoms with Gasteiger partial charge in [0.25, 0.3) is 0 Å². The molecule has 2 atom stereocenters. The van der Waals surface area contributed by atoms with Gasteiger partial charge in [0.15, 0.2) is 0 Å². The molecule has 0 aromatic heterocycles. The van der Waals surface area contributed by atoms with Crippen LogP contribution in [-0.4, -0.2) is 53.8 Å². The first-order chi connectivity index (χ1) is 8.08. The lowest BCUT2D eigenvalue weighted by Gasteiger charge is -2.47. The van der Waals surface area contributed by atoms with Gasteiger partial charge in [0.1, 0.15) is 5.78 Å². The third-order valence-corrected chi connectivity index (χ3v) is 4.32. The normalized spacial score (nSPS) is 31.5. The van der Waals surface area contributed by atoms with Crippen molar-refractivity contribution in [2.45, 2.75) is 52.1 Å². The molecule has 2 aliphatic heterocycles. The number of carbonyl (C=O) groups is 1. The smallest absolute Gasteiger partial charge is 0.149 e. The first-order valence-corrected chi connectivity index (χ1v) is 7.08. The van der Waals surface area contributed by atoms with Gasteiger partial charge in [-0.3, -0.25) is 14.6 Å². The van der Waals surface area contributed by atoms with E-state index in [0.29, 0.717) is 24.4 Å². The third kappa shape index (κ3) is 3.08. The van der Waals surface area contributed by atoms with Crippen molar-refractivity contribution in [2.24, 2.45) is 5.92 Å². The highest BCUT2D eigenvalue weighted by atomic mass is 16.1. The summed E-state index contributed by atoms with van der Waals surface area (Å²) in [7, 11) is 0. The highest BCUT2D eigenvalue weighted by molar-refractivity contribution is 5.82. The molecule has 0 aliphatic carbocycles. The number of ketones is 1. The van der Waals surface area contributed by atoms with Crippen LogP contribution in [0.25, 0.3) is 0 Å². The van der Waals surface area contributed by atoms with Gasteiger partial charge in [-0.1, -0.05) is 20.3 Å². The van der Waals surface area contributed by atoms with Crippen LogP contribution in [0, 0.1) is 5.92 Å². The fraction of sp³-hybridized carbons (Fsp3) is 0.929. The molecular weight excluding hydrogens is 212 g/mol. The molecule has 0 aromatic rings. The van der Waals surface area contributed by atoms with Gasteiger partial charge >= 0.3 is 0 Å². The van der Waals surface area contributed by atoms with Crippen molar-refractivity contribution in [1.82, 2.24) is 9.80 Å². The summed E-state index contributed by atoms with van der Waals surface area (Å²) in [6.07, 6.45) is 4.04. The van der Waals surface area contributed by atoms with Gasteiger partial charge in [0, 0.05) is 31.1 Å². The molecule has 0 N–H and O–H groups in total. The Morgan fingerprint density at radius 3 is 2.76 bits per heavy atom. The average Bonchev–Trinajstić information content (AvgIpc) is 2.29. The summed E-state index contributed by atoms with van der Waals surface area (Å²) >= 11 is 0. The van der Waals surface area contributed by atoms with Gasteiger partial charge in [-0.15, -0.1) is 0 Å². The molecule has 0 saturated carbocycles. The summed E-state index contributed by atoms with van der Waals surface area (Å²) in [6, 6.07) is 1.24. The van der Waals surface area contributed by atoms with Crippen LogP contribution in [0.1, 0.15) is 40.0 Å². The molecule has 0 radical (unpaired) electrons. The van der Waals surface area contributed by atoms with Crippen LogP contribution in [0.15, 0.2) is 0 Å². The number of Topliss-reactive ketones (excluding diaryl/α,β-unsaturated/α-hetero) is 1. The van der Waals surface area contributed by atoms with Crippen molar-refractivity contribution in [3.63, 3.8) is 0 Å². The molecule has 3 nitrogen and oxygen atoms in total. The Hall–Kier alpha value is -0.410. The van der Waals surface area contributed by atoms with Crippen LogP contribution in [-0.2, 0) is 4.79 Å². The molecule has 0 amide bonds. The van der Waals surface area contributed by atoms with Gasteiger partial charge in [-0.2, -0.15) is 0 Å². The Morgan fingerprint density at radius 2 is 2.06 bits per heavy atom. The summed E-state index contributed by atoms with van der Waals surface area (Å²) in [6.45, 7) is 10.4. The number of nitrogens with zero attached hydrogens (tertiary/aromatic N) is 2. The topological polar surface area (TPSA) is 23.6 Å². The largest absolute Gasteiger partial charge is 0.298 e. The Morgan fingerprint density at radius 1 is 1.29 bits per heavy atom. The van der Waals surface area contributed by atoms with Gasteiger partial charge in [-0.25, -0.2) is 0 Å². The minimum Gasteiger partial charge on any atom is -0.298 e. The van der Waals surface area contributed by atoms with Gasteiger partial charge in [0.05, 0.1) is 6.54 Å². The highest BCUT2D eigenvalue weighted by Gasteiger charge is 2.33. The lowest BCUT2D eigenvalue weighted by Crippen LogP contribution is -2.59. The molecule has 2 saturated heterocycles. The number of piperidine rings is 1. The molecule has 2 heterocycles. The van der Waals surface area contributed by atoms with E-state index in [-0.39, 0.29) is 5.92 Å². The summed E-state index contributed by atoms with van der Waals surface area (Å²) in [5.74, 6) is 0.563. The maximum Gasteiger partial charge on any atom is 0.149 e. The molecular formula is C14H26N2O. The second-order valence-corrected chi connectivity index (χ2v) is 6.04. The molecule has 0 spiro atoms. The fourth-order valence-electron chi connectivity index (χ4n) is 3.02. The first kappa shape index (κ1) is 13.0.